The second-order valence-corrected chi connectivity index (χ2v) is 10.5. The molecule has 2 heterocycles. The van der Waals surface area contributed by atoms with Crippen LogP contribution in [-0.2, 0) is 19.5 Å². The minimum atomic E-state index is -1.33. The van der Waals surface area contributed by atoms with Gasteiger partial charge in [-0.15, -0.1) is 0 Å². The summed E-state index contributed by atoms with van der Waals surface area (Å²) in [5.74, 6) is 1.38. The molecule has 6 rings (SSSR count). The van der Waals surface area contributed by atoms with Crippen LogP contribution in [0.1, 0.15) is 35.9 Å². The highest BCUT2D eigenvalue weighted by molar-refractivity contribution is 5.85. The first kappa shape index (κ1) is 27.0. The van der Waals surface area contributed by atoms with Crippen LogP contribution < -0.4 is 4.74 Å². The van der Waals surface area contributed by atoms with Crippen molar-refractivity contribution < 1.29 is 14.6 Å². The van der Waals surface area contributed by atoms with E-state index in [-0.39, 0.29) is 0 Å². The van der Waals surface area contributed by atoms with Crippen molar-refractivity contribution in [3.63, 3.8) is 0 Å². The number of hydrogen-bond acceptors (Lipinski definition) is 4. The van der Waals surface area contributed by atoms with Gasteiger partial charge in [-0.2, -0.15) is 0 Å². The van der Waals surface area contributed by atoms with E-state index in [0.29, 0.717) is 12.3 Å². The van der Waals surface area contributed by atoms with E-state index in [2.05, 4.69) is 77.7 Å². The van der Waals surface area contributed by atoms with Gasteiger partial charge in [0.15, 0.2) is 0 Å². The van der Waals surface area contributed by atoms with Crippen molar-refractivity contribution in [1.29, 1.82) is 0 Å². The Balaban J connectivity index is 1.32. The zero-order valence-corrected chi connectivity index (χ0v) is 23.7. The van der Waals surface area contributed by atoms with Gasteiger partial charge >= 0.3 is 6.16 Å². The topological polar surface area (TPSA) is 82.2 Å². The maximum atomic E-state index is 11.2. The number of imidazole rings is 2. The summed E-state index contributed by atoms with van der Waals surface area (Å²) in [6.07, 6.45) is 4.55. The molecule has 0 unspecified atom stereocenters. The van der Waals surface area contributed by atoms with E-state index < -0.39 is 6.16 Å². The molecule has 0 aliphatic heterocycles. The maximum Gasteiger partial charge on any atom is 0.511 e. The summed E-state index contributed by atoms with van der Waals surface area (Å²) in [7, 11) is 0. The van der Waals surface area contributed by atoms with Crippen molar-refractivity contribution in [2.75, 3.05) is 0 Å². The van der Waals surface area contributed by atoms with Crippen molar-refractivity contribution in [2.24, 2.45) is 0 Å². The predicted octanol–water partition coefficient (Wildman–Crippen LogP) is 7.98. The number of carbonyl (C=O) groups is 1. The average Bonchev–Trinajstić information content (AvgIpc) is 3.59. The summed E-state index contributed by atoms with van der Waals surface area (Å²) in [6, 6.07) is 30.1. The fourth-order valence-electron chi connectivity index (χ4n) is 5.43. The number of aromatic nitrogens is 4. The third-order valence-corrected chi connectivity index (χ3v) is 7.42. The Kier molecular flexibility index (Phi) is 7.56. The van der Waals surface area contributed by atoms with Gasteiger partial charge in [0.1, 0.15) is 11.6 Å². The molecule has 0 amide bonds. The molecule has 6 aromatic rings. The van der Waals surface area contributed by atoms with Crippen LogP contribution in [0.15, 0.2) is 104 Å². The molecule has 0 saturated carbocycles. The molecule has 1 N–H and O–H groups in total. The van der Waals surface area contributed by atoms with Crippen LogP contribution in [0, 0.1) is 6.92 Å². The quantitative estimate of drug-likeness (QED) is 0.144. The van der Waals surface area contributed by atoms with E-state index in [0.717, 1.165) is 69.8 Å². The Morgan fingerprint density at radius 2 is 1.62 bits per heavy atom. The normalized spacial score (nSPS) is 11.2. The molecule has 4 aromatic carbocycles. The van der Waals surface area contributed by atoms with Crippen LogP contribution in [0.4, 0.5) is 4.79 Å². The van der Waals surface area contributed by atoms with Gasteiger partial charge in [-0.05, 0) is 53.8 Å². The zero-order valence-electron chi connectivity index (χ0n) is 23.7. The molecule has 0 bridgehead atoms. The molecule has 210 valence electrons. The van der Waals surface area contributed by atoms with E-state index in [1.807, 2.05) is 36.7 Å². The third-order valence-electron chi connectivity index (χ3n) is 7.42. The first-order valence-electron chi connectivity index (χ1n) is 14.1. The maximum absolute atomic E-state index is 11.2. The fourth-order valence-corrected chi connectivity index (χ4v) is 5.43. The number of rotatable bonds is 9. The van der Waals surface area contributed by atoms with Crippen molar-refractivity contribution in [2.45, 2.75) is 39.8 Å². The molecule has 0 saturated heterocycles. The number of fused-ring (bicyclic) bond motifs is 1. The second-order valence-electron chi connectivity index (χ2n) is 10.5. The zero-order chi connectivity index (χ0) is 29.1. The van der Waals surface area contributed by atoms with Gasteiger partial charge in [-0.25, -0.2) is 14.8 Å². The average molecular weight is 557 g/mol. The smallest absolute Gasteiger partial charge is 0.449 e. The molecular formula is C35H32N4O3. The Bertz CT molecular complexity index is 1850. The number of ether oxygens (including phenoxy) is 1. The molecule has 0 aliphatic rings. The van der Waals surface area contributed by atoms with Gasteiger partial charge in [-0.3, -0.25) is 0 Å². The summed E-state index contributed by atoms with van der Waals surface area (Å²) in [4.78, 5) is 21.0. The van der Waals surface area contributed by atoms with Crippen LogP contribution >= 0.6 is 0 Å². The summed E-state index contributed by atoms with van der Waals surface area (Å²) in [5.41, 5.74) is 9.23. The Labute approximate surface area is 244 Å². The largest absolute Gasteiger partial charge is 0.511 e. The SMILES string of the molecule is CCCc1nc2c(C)cc(-c3cn(Cc4ccccc4)cn3)cc2n1Cc1ccc(-c2ccccc2OC(=O)O)cc1. The van der Waals surface area contributed by atoms with E-state index >= 15 is 0 Å². The van der Waals surface area contributed by atoms with Crippen molar-refractivity contribution >= 4 is 17.2 Å². The Morgan fingerprint density at radius 1 is 0.881 bits per heavy atom. The lowest BCUT2D eigenvalue weighted by Crippen LogP contribution is -2.05. The minimum Gasteiger partial charge on any atom is -0.449 e. The highest BCUT2D eigenvalue weighted by Gasteiger charge is 2.16. The lowest BCUT2D eigenvalue weighted by atomic mass is 10.0. The van der Waals surface area contributed by atoms with Crippen LogP contribution in [0.5, 0.6) is 5.75 Å². The molecule has 0 aliphatic carbocycles. The molecule has 0 atom stereocenters. The summed E-state index contributed by atoms with van der Waals surface area (Å²) >= 11 is 0. The van der Waals surface area contributed by atoms with Gasteiger partial charge in [0.2, 0.25) is 0 Å². The minimum absolute atomic E-state index is 0.317. The van der Waals surface area contributed by atoms with Gasteiger partial charge in [0.25, 0.3) is 0 Å². The highest BCUT2D eigenvalue weighted by atomic mass is 16.7. The second kappa shape index (κ2) is 11.7. The van der Waals surface area contributed by atoms with Crippen molar-refractivity contribution in [3.05, 3.63) is 126 Å². The molecule has 0 fully saturated rings. The monoisotopic (exact) mass is 556 g/mol. The summed E-state index contributed by atoms with van der Waals surface area (Å²) < 4.78 is 9.42. The van der Waals surface area contributed by atoms with Gasteiger partial charge in [0, 0.05) is 36.8 Å². The van der Waals surface area contributed by atoms with E-state index in [9.17, 15) is 4.79 Å². The highest BCUT2D eigenvalue weighted by Crippen LogP contribution is 2.32. The molecule has 42 heavy (non-hydrogen) atoms. The van der Waals surface area contributed by atoms with Crippen LogP contribution in [0.2, 0.25) is 0 Å². The van der Waals surface area contributed by atoms with Crippen LogP contribution in [0.25, 0.3) is 33.4 Å². The van der Waals surface area contributed by atoms with E-state index in [1.165, 1.54) is 5.56 Å². The standard InChI is InChI=1S/C35H32N4O3/c1-3-9-33-37-34-24(2)18-28(30-22-38(23-36-30)20-25-10-5-4-6-11-25)19-31(34)39(33)21-26-14-16-27(17-15-26)29-12-7-8-13-32(29)42-35(40)41/h4-8,10-19,22-23H,3,9,20-21H2,1-2H3,(H,40,41). The van der Waals surface area contributed by atoms with Crippen LogP contribution in [-0.4, -0.2) is 30.4 Å². The number of carboxylic acid groups (broad SMARTS) is 1. The first-order valence-corrected chi connectivity index (χ1v) is 14.1. The van der Waals surface area contributed by atoms with Gasteiger partial charge < -0.3 is 19.0 Å². The molecular weight excluding hydrogens is 524 g/mol. The predicted molar refractivity (Wildman–Crippen MR) is 165 cm³/mol. The Morgan fingerprint density at radius 3 is 2.38 bits per heavy atom. The molecule has 0 spiro atoms. The van der Waals surface area contributed by atoms with E-state index in [4.69, 9.17) is 19.8 Å². The number of para-hydroxylation sites is 1. The fraction of sp³-hybridized carbons (Fsp3) is 0.171. The lowest BCUT2D eigenvalue weighted by molar-refractivity contribution is 0.144. The molecule has 0 radical (unpaired) electrons. The number of benzene rings is 4. The number of nitrogens with zero attached hydrogens (tertiary/aromatic N) is 4. The van der Waals surface area contributed by atoms with Crippen molar-refractivity contribution in [3.8, 4) is 28.1 Å². The first-order chi connectivity index (χ1) is 20.5. The van der Waals surface area contributed by atoms with Crippen molar-refractivity contribution in [1.82, 2.24) is 19.1 Å². The molecule has 7 nitrogen and oxygen atoms in total. The van der Waals surface area contributed by atoms with E-state index in [1.54, 1.807) is 12.1 Å². The molecule has 2 aromatic heterocycles. The lowest BCUT2D eigenvalue weighted by Gasteiger charge is -2.12. The third kappa shape index (κ3) is 5.67. The molecule has 7 heteroatoms. The Hall–Kier alpha value is -5.17. The number of aryl methyl sites for hydroxylation is 2. The van der Waals surface area contributed by atoms with Crippen LogP contribution in [0.3, 0.4) is 0 Å². The number of hydrogen-bond donors (Lipinski definition) is 1. The van der Waals surface area contributed by atoms with Gasteiger partial charge in [0.05, 0.1) is 23.1 Å². The van der Waals surface area contributed by atoms with Gasteiger partial charge in [-0.1, -0.05) is 79.7 Å². The summed E-state index contributed by atoms with van der Waals surface area (Å²) in [6.45, 7) is 5.74. The summed E-state index contributed by atoms with van der Waals surface area (Å²) in [5, 5.41) is 9.12.